The standard InChI is InChI=1S/C33H38N2/c1-26(31-20-10-18-29-17-8-9-19-33(29)31)34-24-30-25-35(22-11-14-27-12-4-2-5-13-27)23-21-32(30)28-15-6-3-7-16-28/h2-10,12-13,15-20,26,30,32,34H,11,14,21-25H2,1H3/t26-,30?,32?/m1/s1. The summed E-state index contributed by atoms with van der Waals surface area (Å²) in [5.41, 5.74) is 4.35. The normalized spacial score (nSPS) is 19.6. The van der Waals surface area contributed by atoms with Crippen molar-refractivity contribution >= 4 is 10.8 Å². The van der Waals surface area contributed by atoms with Crippen LogP contribution in [0.5, 0.6) is 0 Å². The highest BCUT2D eigenvalue weighted by Crippen LogP contribution is 2.33. The first-order valence-corrected chi connectivity index (χ1v) is 13.3. The van der Waals surface area contributed by atoms with Crippen LogP contribution in [0.4, 0.5) is 0 Å². The topological polar surface area (TPSA) is 15.3 Å². The molecule has 3 atom stereocenters. The molecule has 4 aromatic rings. The first-order valence-electron chi connectivity index (χ1n) is 13.3. The average Bonchev–Trinajstić information content (AvgIpc) is 2.92. The molecular formula is C33H38N2. The molecular weight excluding hydrogens is 424 g/mol. The van der Waals surface area contributed by atoms with Crippen LogP contribution in [0.25, 0.3) is 10.8 Å². The second-order valence-corrected chi connectivity index (χ2v) is 10.2. The van der Waals surface area contributed by atoms with E-state index in [0.29, 0.717) is 17.9 Å². The zero-order valence-electron chi connectivity index (χ0n) is 20.9. The molecule has 1 N–H and O–H groups in total. The summed E-state index contributed by atoms with van der Waals surface area (Å²) in [5.74, 6) is 1.23. The number of piperidine rings is 1. The molecule has 2 unspecified atom stereocenters. The zero-order chi connectivity index (χ0) is 23.9. The monoisotopic (exact) mass is 462 g/mol. The van der Waals surface area contributed by atoms with E-state index < -0.39 is 0 Å². The largest absolute Gasteiger partial charge is 0.310 e. The maximum absolute atomic E-state index is 3.94. The van der Waals surface area contributed by atoms with Gasteiger partial charge in [-0.2, -0.15) is 0 Å². The maximum Gasteiger partial charge on any atom is 0.0298 e. The smallest absolute Gasteiger partial charge is 0.0298 e. The molecule has 0 aromatic heterocycles. The predicted octanol–water partition coefficient (Wildman–Crippen LogP) is 7.23. The van der Waals surface area contributed by atoms with Gasteiger partial charge in [-0.15, -0.1) is 0 Å². The Labute approximate surface area is 211 Å². The highest BCUT2D eigenvalue weighted by molar-refractivity contribution is 5.86. The fourth-order valence-electron chi connectivity index (χ4n) is 5.87. The van der Waals surface area contributed by atoms with Gasteiger partial charge in [0.2, 0.25) is 0 Å². The van der Waals surface area contributed by atoms with Gasteiger partial charge in [0.15, 0.2) is 0 Å². The second kappa shape index (κ2) is 11.7. The van der Waals surface area contributed by atoms with Gasteiger partial charge in [-0.3, -0.25) is 0 Å². The van der Waals surface area contributed by atoms with E-state index in [0.717, 1.165) is 6.54 Å². The molecule has 1 saturated heterocycles. The molecule has 1 aliphatic heterocycles. The molecule has 0 aliphatic carbocycles. The van der Waals surface area contributed by atoms with Crippen molar-refractivity contribution in [1.29, 1.82) is 0 Å². The van der Waals surface area contributed by atoms with E-state index in [1.54, 1.807) is 0 Å². The predicted molar refractivity (Wildman–Crippen MR) is 149 cm³/mol. The van der Waals surface area contributed by atoms with Crippen molar-refractivity contribution in [1.82, 2.24) is 10.2 Å². The molecule has 2 nitrogen and oxygen atoms in total. The third-order valence-corrected chi connectivity index (χ3v) is 7.80. The zero-order valence-corrected chi connectivity index (χ0v) is 20.9. The summed E-state index contributed by atoms with van der Waals surface area (Å²) in [5, 5.41) is 6.62. The SMILES string of the molecule is C[C@@H](NCC1CN(CCCc2ccccc2)CCC1c1ccccc1)c1cccc2ccccc12. The molecule has 180 valence electrons. The first kappa shape index (κ1) is 23.8. The molecule has 1 fully saturated rings. The van der Waals surface area contributed by atoms with Crippen LogP contribution in [0.1, 0.15) is 48.4 Å². The number of hydrogen-bond acceptors (Lipinski definition) is 2. The minimum atomic E-state index is 0.325. The first-order chi connectivity index (χ1) is 17.3. The number of nitrogens with zero attached hydrogens (tertiary/aromatic N) is 1. The summed E-state index contributed by atoms with van der Waals surface area (Å²) in [7, 11) is 0. The summed E-state index contributed by atoms with van der Waals surface area (Å²) in [6, 6.07) is 37.9. The maximum atomic E-state index is 3.94. The summed E-state index contributed by atoms with van der Waals surface area (Å²) in [6.45, 7) is 6.91. The Hall–Kier alpha value is -2.94. The number of nitrogens with one attached hydrogen (secondary N) is 1. The molecule has 0 spiro atoms. The molecule has 0 amide bonds. The van der Waals surface area contributed by atoms with Crippen LogP contribution >= 0.6 is 0 Å². The van der Waals surface area contributed by atoms with E-state index in [4.69, 9.17) is 0 Å². The lowest BCUT2D eigenvalue weighted by molar-refractivity contribution is 0.148. The van der Waals surface area contributed by atoms with Gasteiger partial charge in [-0.1, -0.05) is 103 Å². The summed E-state index contributed by atoms with van der Waals surface area (Å²) in [6.07, 6.45) is 3.64. The fourth-order valence-corrected chi connectivity index (χ4v) is 5.87. The third-order valence-electron chi connectivity index (χ3n) is 7.80. The molecule has 1 aliphatic rings. The van der Waals surface area contributed by atoms with E-state index in [2.05, 4.69) is 120 Å². The molecule has 0 bridgehead atoms. The minimum Gasteiger partial charge on any atom is -0.310 e. The van der Waals surface area contributed by atoms with Gasteiger partial charge >= 0.3 is 0 Å². The Morgan fingerprint density at radius 2 is 1.54 bits per heavy atom. The Morgan fingerprint density at radius 1 is 0.829 bits per heavy atom. The van der Waals surface area contributed by atoms with Gasteiger partial charge in [0, 0.05) is 19.1 Å². The quantitative estimate of drug-likeness (QED) is 0.282. The summed E-state index contributed by atoms with van der Waals surface area (Å²) >= 11 is 0. The number of likely N-dealkylation sites (tertiary alicyclic amines) is 1. The van der Waals surface area contributed by atoms with Crippen LogP contribution in [-0.4, -0.2) is 31.1 Å². The molecule has 0 radical (unpaired) electrons. The Bertz CT molecular complexity index is 1180. The highest BCUT2D eigenvalue weighted by atomic mass is 15.1. The van der Waals surface area contributed by atoms with E-state index in [-0.39, 0.29) is 0 Å². The molecule has 4 aromatic carbocycles. The molecule has 0 saturated carbocycles. The van der Waals surface area contributed by atoms with Crippen molar-refractivity contribution < 1.29 is 0 Å². The Morgan fingerprint density at radius 3 is 2.37 bits per heavy atom. The number of fused-ring (bicyclic) bond motifs is 1. The van der Waals surface area contributed by atoms with Crippen LogP contribution in [0.3, 0.4) is 0 Å². The minimum absolute atomic E-state index is 0.325. The van der Waals surface area contributed by atoms with Crippen LogP contribution in [-0.2, 0) is 6.42 Å². The van der Waals surface area contributed by atoms with Crippen molar-refractivity contribution in [2.75, 3.05) is 26.2 Å². The van der Waals surface area contributed by atoms with Crippen molar-refractivity contribution in [3.05, 3.63) is 120 Å². The van der Waals surface area contributed by atoms with Gasteiger partial charge in [0.05, 0.1) is 0 Å². The number of benzene rings is 4. The third kappa shape index (κ3) is 6.01. The molecule has 5 rings (SSSR count). The second-order valence-electron chi connectivity index (χ2n) is 10.2. The number of hydrogen-bond donors (Lipinski definition) is 1. The van der Waals surface area contributed by atoms with Crippen LogP contribution < -0.4 is 5.32 Å². The fraction of sp³-hybridized carbons (Fsp3) is 0.333. The van der Waals surface area contributed by atoms with E-state index in [1.807, 2.05) is 0 Å². The van der Waals surface area contributed by atoms with Crippen LogP contribution in [0.15, 0.2) is 103 Å². The van der Waals surface area contributed by atoms with Gasteiger partial charge in [-0.25, -0.2) is 0 Å². The van der Waals surface area contributed by atoms with E-state index in [1.165, 1.54) is 66.4 Å². The lowest BCUT2D eigenvalue weighted by Crippen LogP contribution is -2.44. The molecule has 2 heteroatoms. The van der Waals surface area contributed by atoms with E-state index >= 15 is 0 Å². The van der Waals surface area contributed by atoms with E-state index in [9.17, 15) is 0 Å². The highest BCUT2D eigenvalue weighted by Gasteiger charge is 2.30. The average molecular weight is 463 g/mol. The Balaban J connectivity index is 1.25. The number of aryl methyl sites for hydroxylation is 1. The number of rotatable bonds is 9. The summed E-state index contributed by atoms with van der Waals surface area (Å²) < 4.78 is 0. The van der Waals surface area contributed by atoms with Gasteiger partial charge < -0.3 is 10.2 Å². The van der Waals surface area contributed by atoms with Crippen molar-refractivity contribution in [3.63, 3.8) is 0 Å². The van der Waals surface area contributed by atoms with Crippen LogP contribution in [0, 0.1) is 5.92 Å². The molecule has 35 heavy (non-hydrogen) atoms. The van der Waals surface area contributed by atoms with Gasteiger partial charge in [0.25, 0.3) is 0 Å². The van der Waals surface area contributed by atoms with Crippen LogP contribution in [0.2, 0.25) is 0 Å². The van der Waals surface area contributed by atoms with Gasteiger partial charge in [-0.05, 0) is 78.6 Å². The lowest BCUT2D eigenvalue weighted by Gasteiger charge is -2.39. The van der Waals surface area contributed by atoms with Crippen molar-refractivity contribution in [3.8, 4) is 0 Å². The van der Waals surface area contributed by atoms with Crippen molar-refractivity contribution in [2.24, 2.45) is 5.92 Å². The lowest BCUT2D eigenvalue weighted by atomic mass is 9.80. The van der Waals surface area contributed by atoms with Crippen molar-refractivity contribution in [2.45, 2.75) is 38.1 Å². The summed E-state index contributed by atoms with van der Waals surface area (Å²) in [4.78, 5) is 2.71. The molecule has 1 heterocycles. The Kier molecular flexibility index (Phi) is 7.92. The van der Waals surface area contributed by atoms with Gasteiger partial charge in [0.1, 0.15) is 0 Å².